The standard InChI is InChI=1S/C14H13N3O2/c1-2-3-4-9-15-12-8-10-16-14-11(12)6-5-7-13(14)17(18)19/h1,5-8,10H,3-4,9H2,(H,15,16). The van der Waals surface area contributed by atoms with E-state index < -0.39 is 4.92 Å². The summed E-state index contributed by atoms with van der Waals surface area (Å²) in [4.78, 5) is 14.6. The third-order valence-electron chi connectivity index (χ3n) is 2.76. The first kappa shape index (κ1) is 12.8. The van der Waals surface area contributed by atoms with E-state index in [1.807, 2.05) is 12.1 Å². The van der Waals surface area contributed by atoms with Gasteiger partial charge in [0.05, 0.1) is 4.92 Å². The topological polar surface area (TPSA) is 68.1 Å². The molecule has 0 aliphatic rings. The van der Waals surface area contributed by atoms with Gasteiger partial charge in [-0.3, -0.25) is 10.1 Å². The van der Waals surface area contributed by atoms with Gasteiger partial charge in [0, 0.05) is 36.3 Å². The zero-order chi connectivity index (χ0) is 13.7. The Morgan fingerprint density at radius 1 is 1.42 bits per heavy atom. The highest BCUT2D eigenvalue weighted by molar-refractivity contribution is 5.96. The Bertz CT molecular complexity index is 647. The van der Waals surface area contributed by atoms with Crippen molar-refractivity contribution in [1.82, 2.24) is 4.98 Å². The van der Waals surface area contributed by atoms with Crippen molar-refractivity contribution in [2.45, 2.75) is 12.8 Å². The highest BCUT2D eigenvalue weighted by Gasteiger charge is 2.13. The molecule has 5 heteroatoms. The number of nitrogens with one attached hydrogen (secondary N) is 1. The number of aromatic nitrogens is 1. The van der Waals surface area contributed by atoms with Crippen LogP contribution in [0.2, 0.25) is 0 Å². The first-order valence-electron chi connectivity index (χ1n) is 5.93. The van der Waals surface area contributed by atoms with Gasteiger partial charge >= 0.3 is 0 Å². The van der Waals surface area contributed by atoms with E-state index in [4.69, 9.17) is 6.42 Å². The number of unbranched alkanes of at least 4 members (excludes halogenated alkanes) is 1. The summed E-state index contributed by atoms with van der Waals surface area (Å²) in [7, 11) is 0. The van der Waals surface area contributed by atoms with Crippen LogP contribution >= 0.6 is 0 Å². The molecule has 0 saturated carbocycles. The molecule has 19 heavy (non-hydrogen) atoms. The smallest absolute Gasteiger partial charge is 0.295 e. The zero-order valence-electron chi connectivity index (χ0n) is 10.3. The molecular weight excluding hydrogens is 242 g/mol. The lowest BCUT2D eigenvalue weighted by Crippen LogP contribution is -2.02. The van der Waals surface area contributed by atoms with E-state index in [1.54, 1.807) is 12.3 Å². The maximum atomic E-state index is 10.9. The molecule has 2 aromatic rings. The summed E-state index contributed by atoms with van der Waals surface area (Å²) in [5.74, 6) is 2.57. The molecular formula is C14H13N3O2. The summed E-state index contributed by atoms with van der Waals surface area (Å²) in [6, 6.07) is 6.74. The van der Waals surface area contributed by atoms with E-state index >= 15 is 0 Å². The number of non-ortho nitro benzene ring substituents is 1. The van der Waals surface area contributed by atoms with Crippen LogP contribution in [0.1, 0.15) is 12.8 Å². The fraction of sp³-hybridized carbons (Fsp3) is 0.214. The van der Waals surface area contributed by atoms with Crippen molar-refractivity contribution in [3.05, 3.63) is 40.6 Å². The van der Waals surface area contributed by atoms with Gasteiger partial charge < -0.3 is 5.32 Å². The lowest BCUT2D eigenvalue weighted by Gasteiger charge is -2.08. The molecule has 2 rings (SSSR count). The quantitative estimate of drug-likeness (QED) is 0.386. The van der Waals surface area contributed by atoms with Crippen molar-refractivity contribution in [3.63, 3.8) is 0 Å². The average molecular weight is 255 g/mol. The van der Waals surface area contributed by atoms with E-state index in [0.717, 1.165) is 24.0 Å². The van der Waals surface area contributed by atoms with Gasteiger partial charge in [-0.25, -0.2) is 4.98 Å². The number of pyridine rings is 1. The first-order valence-corrected chi connectivity index (χ1v) is 5.93. The van der Waals surface area contributed by atoms with Crippen LogP contribution in [0.25, 0.3) is 10.9 Å². The van der Waals surface area contributed by atoms with Crippen molar-refractivity contribution in [3.8, 4) is 12.3 Å². The fourth-order valence-electron chi connectivity index (χ4n) is 1.88. The van der Waals surface area contributed by atoms with E-state index in [9.17, 15) is 10.1 Å². The van der Waals surface area contributed by atoms with Crippen molar-refractivity contribution in [2.75, 3.05) is 11.9 Å². The summed E-state index contributed by atoms with van der Waals surface area (Å²) in [5, 5.41) is 14.9. The number of nitro groups is 1. The van der Waals surface area contributed by atoms with Crippen LogP contribution in [0.4, 0.5) is 11.4 Å². The molecule has 1 N–H and O–H groups in total. The van der Waals surface area contributed by atoms with Gasteiger partial charge in [-0.1, -0.05) is 12.1 Å². The Morgan fingerprint density at radius 3 is 3.00 bits per heavy atom. The molecule has 0 aliphatic carbocycles. The average Bonchev–Trinajstić information content (AvgIpc) is 2.43. The Kier molecular flexibility index (Phi) is 3.94. The maximum Gasteiger partial charge on any atom is 0.295 e. The van der Waals surface area contributed by atoms with Crippen LogP contribution in [0.5, 0.6) is 0 Å². The molecule has 1 aromatic carbocycles. The molecule has 5 nitrogen and oxygen atoms in total. The molecule has 0 saturated heterocycles. The van der Waals surface area contributed by atoms with Crippen molar-refractivity contribution >= 4 is 22.3 Å². The summed E-state index contributed by atoms with van der Waals surface area (Å²) < 4.78 is 0. The summed E-state index contributed by atoms with van der Waals surface area (Å²) in [6.07, 6.45) is 8.32. The predicted molar refractivity (Wildman–Crippen MR) is 75.0 cm³/mol. The van der Waals surface area contributed by atoms with Gasteiger partial charge in [0.25, 0.3) is 5.69 Å². The van der Waals surface area contributed by atoms with Crippen molar-refractivity contribution < 1.29 is 4.92 Å². The van der Waals surface area contributed by atoms with Crippen LogP contribution in [-0.2, 0) is 0 Å². The van der Waals surface area contributed by atoms with Gasteiger partial charge in [-0.15, -0.1) is 12.3 Å². The van der Waals surface area contributed by atoms with E-state index in [1.165, 1.54) is 6.07 Å². The molecule has 0 aliphatic heterocycles. The number of fused-ring (bicyclic) bond motifs is 1. The monoisotopic (exact) mass is 255 g/mol. The van der Waals surface area contributed by atoms with Gasteiger partial charge in [-0.2, -0.15) is 0 Å². The van der Waals surface area contributed by atoms with Gasteiger partial charge in [0.2, 0.25) is 0 Å². The molecule has 96 valence electrons. The Hall–Kier alpha value is -2.61. The largest absolute Gasteiger partial charge is 0.384 e. The van der Waals surface area contributed by atoms with Crippen LogP contribution in [0.3, 0.4) is 0 Å². The second-order valence-corrected chi connectivity index (χ2v) is 4.02. The number of rotatable bonds is 5. The maximum absolute atomic E-state index is 10.9. The predicted octanol–water partition coefficient (Wildman–Crippen LogP) is 2.97. The third-order valence-corrected chi connectivity index (χ3v) is 2.76. The molecule has 0 spiro atoms. The molecule has 0 radical (unpaired) electrons. The summed E-state index contributed by atoms with van der Waals surface area (Å²) in [5.41, 5.74) is 1.25. The van der Waals surface area contributed by atoms with Crippen LogP contribution in [0, 0.1) is 22.5 Å². The van der Waals surface area contributed by atoms with Crippen LogP contribution < -0.4 is 5.32 Å². The summed E-state index contributed by atoms with van der Waals surface area (Å²) in [6.45, 7) is 0.728. The van der Waals surface area contributed by atoms with E-state index in [2.05, 4.69) is 16.2 Å². The van der Waals surface area contributed by atoms with E-state index in [0.29, 0.717) is 11.9 Å². The SMILES string of the molecule is C#CCCCNc1ccnc2c([N+](=O)[O-])cccc12. The van der Waals surface area contributed by atoms with Crippen molar-refractivity contribution in [2.24, 2.45) is 0 Å². The van der Waals surface area contributed by atoms with Crippen molar-refractivity contribution in [1.29, 1.82) is 0 Å². The third kappa shape index (κ3) is 2.80. The normalized spacial score (nSPS) is 10.1. The molecule has 1 heterocycles. The molecule has 0 fully saturated rings. The van der Waals surface area contributed by atoms with Gasteiger partial charge in [0.1, 0.15) is 5.52 Å². The zero-order valence-corrected chi connectivity index (χ0v) is 10.3. The Morgan fingerprint density at radius 2 is 2.26 bits per heavy atom. The number of para-hydroxylation sites is 1. The second kappa shape index (κ2) is 5.83. The number of hydrogen-bond donors (Lipinski definition) is 1. The number of benzene rings is 1. The van der Waals surface area contributed by atoms with Crippen LogP contribution in [-0.4, -0.2) is 16.5 Å². The minimum Gasteiger partial charge on any atom is -0.384 e. The van der Waals surface area contributed by atoms with Gasteiger partial charge in [0.15, 0.2) is 0 Å². The molecule has 1 aromatic heterocycles. The lowest BCUT2D eigenvalue weighted by atomic mass is 10.1. The van der Waals surface area contributed by atoms with Gasteiger partial charge in [-0.05, 0) is 12.5 Å². The number of terminal acetylenes is 1. The molecule has 0 bridgehead atoms. The highest BCUT2D eigenvalue weighted by Crippen LogP contribution is 2.28. The lowest BCUT2D eigenvalue weighted by molar-refractivity contribution is -0.383. The number of hydrogen-bond acceptors (Lipinski definition) is 4. The number of anilines is 1. The second-order valence-electron chi connectivity index (χ2n) is 4.02. The van der Waals surface area contributed by atoms with E-state index in [-0.39, 0.29) is 5.69 Å². The van der Waals surface area contributed by atoms with Crippen LogP contribution in [0.15, 0.2) is 30.5 Å². The Labute approximate surface area is 110 Å². The first-order chi connectivity index (χ1) is 9.24. The minimum absolute atomic E-state index is 0.0183. The Balaban J connectivity index is 2.33. The molecule has 0 unspecified atom stereocenters. The highest BCUT2D eigenvalue weighted by atomic mass is 16.6. The number of nitrogens with zero attached hydrogens (tertiary/aromatic N) is 2. The molecule has 0 atom stereocenters. The minimum atomic E-state index is -0.419. The number of nitro benzene ring substituents is 1. The molecule has 0 amide bonds. The fourth-order valence-corrected chi connectivity index (χ4v) is 1.88. The summed E-state index contributed by atoms with van der Waals surface area (Å²) >= 11 is 0.